The average molecular weight is 328 g/mol. The first-order valence-electron chi connectivity index (χ1n) is 7.98. The van der Waals surface area contributed by atoms with Crippen LogP contribution < -0.4 is 20.5 Å². The number of hydrogen-bond acceptors (Lipinski definition) is 4. The Morgan fingerprint density at radius 2 is 1.79 bits per heavy atom. The van der Waals surface area contributed by atoms with Gasteiger partial charge in [0.25, 0.3) is 0 Å². The minimum atomic E-state index is -0.370. The van der Waals surface area contributed by atoms with Crippen LogP contribution in [0.25, 0.3) is 0 Å². The third kappa shape index (κ3) is 5.19. The molecule has 128 valence electrons. The molecule has 0 aliphatic heterocycles. The van der Waals surface area contributed by atoms with Gasteiger partial charge in [-0.3, -0.25) is 4.79 Å². The number of benzene rings is 2. The number of primary amides is 1. The maximum Gasteiger partial charge on any atom is 0.220 e. The fraction of sp³-hybridized carbons (Fsp3) is 0.316. The molecule has 0 radical (unpaired) electrons. The highest BCUT2D eigenvalue weighted by Gasteiger charge is 2.10. The molecule has 0 aliphatic rings. The van der Waals surface area contributed by atoms with Crippen LogP contribution in [0.1, 0.15) is 18.9 Å². The van der Waals surface area contributed by atoms with Gasteiger partial charge >= 0.3 is 0 Å². The van der Waals surface area contributed by atoms with E-state index in [9.17, 15) is 4.79 Å². The van der Waals surface area contributed by atoms with Gasteiger partial charge in [0, 0.05) is 6.04 Å². The van der Waals surface area contributed by atoms with Crippen LogP contribution in [0.2, 0.25) is 0 Å². The standard InChI is InChI=1S/C19H24N2O3/c1-14(13-15-7-3-5-9-17(15)23-2)21-16-8-4-6-10-18(16)24-12-11-19(20)22/h3-10,14,21H,11-13H2,1-2H3,(H2,20,22). The highest BCUT2D eigenvalue weighted by Crippen LogP contribution is 2.26. The molecule has 1 amide bonds. The fourth-order valence-corrected chi connectivity index (χ4v) is 2.49. The van der Waals surface area contributed by atoms with Crippen LogP contribution in [0, 0.1) is 0 Å². The van der Waals surface area contributed by atoms with Crippen molar-refractivity contribution >= 4 is 11.6 Å². The maximum absolute atomic E-state index is 10.8. The van der Waals surface area contributed by atoms with Gasteiger partial charge in [0.2, 0.25) is 5.91 Å². The molecule has 0 aromatic heterocycles. The molecule has 2 rings (SSSR count). The second kappa shape index (κ2) is 8.82. The van der Waals surface area contributed by atoms with E-state index in [0.29, 0.717) is 5.75 Å². The van der Waals surface area contributed by atoms with Crippen molar-refractivity contribution in [3.05, 3.63) is 54.1 Å². The molecule has 0 saturated heterocycles. The van der Waals surface area contributed by atoms with Crippen LogP contribution in [0.3, 0.4) is 0 Å². The van der Waals surface area contributed by atoms with Crippen molar-refractivity contribution in [2.75, 3.05) is 19.0 Å². The Bertz CT molecular complexity index is 673. The normalized spacial score (nSPS) is 11.6. The summed E-state index contributed by atoms with van der Waals surface area (Å²) >= 11 is 0. The number of amides is 1. The number of anilines is 1. The molecule has 24 heavy (non-hydrogen) atoms. The van der Waals surface area contributed by atoms with Gasteiger partial charge in [-0.2, -0.15) is 0 Å². The van der Waals surface area contributed by atoms with E-state index in [0.717, 1.165) is 23.4 Å². The molecule has 0 saturated carbocycles. The van der Waals surface area contributed by atoms with Crippen molar-refractivity contribution < 1.29 is 14.3 Å². The molecule has 0 bridgehead atoms. The molecule has 2 aromatic rings. The number of carbonyl (C=O) groups excluding carboxylic acids is 1. The van der Waals surface area contributed by atoms with Crippen LogP contribution in [0.4, 0.5) is 5.69 Å². The largest absolute Gasteiger partial charge is 0.496 e. The van der Waals surface area contributed by atoms with Gasteiger partial charge in [-0.1, -0.05) is 30.3 Å². The first-order valence-corrected chi connectivity index (χ1v) is 7.98. The number of hydrogen-bond donors (Lipinski definition) is 2. The third-order valence-electron chi connectivity index (χ3n) is 3.61. The summed E-state index contributed by atoms with van der Waals surface area (Å²) in [7, 11) is 1.68. The Kier molecular flexibility index (Phi) is 6.49. The van der Waals surface area contributed by atoms with Crippen LogP contribution in [0.5, 0.6) is 11.5 Å². The van der Waals surface area contributed by atoms with Gasteiger partial charge in [-0.15, -0.1) is 0 Å². The van der Waals surface area contributed by atoms with E-state index in [1.54, 1.807) is 7.11 Å². The van der Waals surface area contributed by atoms with E-state index in [1.165, 1.54) is 0 Å². The lowest BCUT2D eigenvalue weighted by Crippen LogP contribution is -2.19. The topological polar surface area (TPSA) is 73.6 Å². The molecule has 5 heteroatoms. The summed E-state index contributed by atoms with van der Waals surface area (Å²) in [6, 6.07) is 15.8. The number of methoxy groups -OCH3 is 1. The second-order valence-electron chi connectivity index (χ2n) is 5.62. The van der Waals surface area contributed by atoms with Gasteiger partial charge < -0.3 is 20.5 Å². The molecule has 1 unspecified atom stereocenters. The maximum atomic E-state index is 10.8. The zero-order chi connectivity index (χ0) is 17.4. The molecule has 0 aliphatic carbocycles. The number of nitrogens with one attached hydrogen (secondary N) is 1. The number of ether oxygens (including phenoxy) is 2. The summed E-state index contributed by atoms with van der Waals surface area (Å²) in [5.74, 6) is 1.23. The van der Waals surface area contributed by atoms with Crippen LogP contribution in [0.15, 0.2) is 48.5 Å². The first kappa shape index (κ1) is 17.7. The summed E-state index contributed by atoms with van der Waals surface area (Å²) in [5.41, 5.74) is 7.18. The Balaban J connectivity index is 2.00. The van der Waals surface area contributed by atoms with Crippen LogP contribution >= 0.6 is 0 Å². The fourth-order valence-electron chi connectivity index (χ4n) is 2.49. The molecule has 3 N–H and O–H groups in total. The van der Waals surface area contributed by atoms with Gasteiger partial charge in [-0.05, 0) is 37.1 Å². The Hall–Kier alpha value is -2.69. The van der Waals surface area contributed by atoms with Crippen molar-refractivity contribution in [1.82, 2.24) is 0 Å². The quantitative estimate of drug-likeness (QED) is 0.742. The molecule has 2 aromatic carbocycles. The lowest BCUT2D eigenvalue weighted by Gasteiger charge is -2.19. The van der Waals surface area contributed by atoms with Crippen LogP contribution in [-0.2, 0) is 11.2 Å². The van der Waals surface area contributed by atoms with Crippen molar-refractivity contribution in [1.29, 1.82) is 0 Å². The summed E-state index contributed by atoms with van der Waals surface area (Å²) in [5, 5.41) is 3.45. The highest BCUT2D eigenvalue weighted by atomic mass is 16.5. The minimum absolute atomic E-state index is 0.183. The Labute approximate surface area is 142 Å². The average Bonchev–Trinajstić information content (AvgIpc) is 2.56. The number of nitrogens with two attached hydrogens (primary N) is 1. The van der Waals surface area contributed by atoms with Gasteiger partial charge in [0.1, 0.15) is 11.5 Å². The smallest absolute Gasteiger partial charge is 0.220 e. The predicted molar refractivity (Wildman–Crippen MR) is 95.5 cm³/mol. The van der Waals surface area contributed by atoms with Crippen molar-refractivity contribution in [2.45, 2.75) is 25.8 Å². The van der Waals surface area contributed by atoms with Gasteiger partial charge in [0.15, 0.2) is 0 Å². The summed E-state index contributed by atoms with van der Waals surface area (Å²) in [6.45, 7) is 2.38. The summed E-state index contributed by atoms with van der Waals surface area (Å²) in [4.78, 5) is 10.8. The minimum Gasteiger partial charge on any atom is -0.496 e. The monoisotopic (exact) mass is 328 g/mol. The molecular formula is C19H24N2O3. The highest BCUT2D eigenvalue weighted by molar-refractivity contribution is 5.73. The number of para-hydroxylation sites is 3. The van der Waals surface area contributed by atoms with Gasteiger partial charge in [-0.25, -0.2) is 0 Å². The van der Waals surface area contributed by atoms with E-state index >= 15 is 0 Å². The molecule has 0 heterocycles. The second-order valence-corrected chi connectivity index (χ2v) is 5.62. The SMILES string of the molecule is COc1ccccc1CC(C)Nc1ccccc1OCCC(N)=O. The predicted octanol–water partition coefficient (Wildman–Crippen LogP) is 2.99. The molecule has 1 atom stereocenters. The van der Waals surface area contributed by atoms with Crippen molar-refractivity contribution in [2.24, 2.45) is 5.73 Å². The van der Waals surface area contributed by atoms with Crippen molar-refractivity contribution in [3.63, 3.8) is 0 Å². The number of rotatable bonds is 9. The van der Waals surface area contributed by atoms with E-state index < -0.39 is 0 Å². The Morgan fingerprint density at radius 1 is 1.12 bits per heavy atom. The Morgan fingerprint density at radius 3 is 2.50 bits per heavy atom. The van der Waals surface area contributed by atoms with Gasteiger partial charge in [0.05, 0.1) is 25.8 Å². The van der Waals surface area contributed by atoms with Crippen LogP contribution in [-0.4, -0.2) is 25.7 Å². The molecule has 5 nitrogen and oxygen atoms in total. The zero-order valence-corrected chi connectivity index (χ0v) is 14.1. The van der Waals surface area contributed by atoms with Crippen molar-refractivity contribution in [3.8, 4) is 11.5 Å². The third-order valence-corrected chi connectivity index (χ3v) is 3.61. The van der Waals surface area contributed by atoms with E-state index in [1.807, 2.05) is 42.5 Å². The summed E-state index contributed by atoms with van der Waals surface area (Å²) < 4.78 is 11.1. The first-order chi connectivity index (χ1) is 11.6. The molecular weight excluding hydrogens is 304 g/mol. The molecule has 0 spiro atoms. The lowest BCUT2D eigenvalue weighted by atomic mass is 10.1. The molecule has 0 fully saturated rings. The summed E-state index contributed by atoms with van der Waals surface area (Å²) in [6.07, 6.45) is 1.02. The lowest BCUT2D eigenvalue weighted by molar-refractivity contribution is -0.118. The van der Waals surface area contributed by atoms with E-state index in [4.69, 9.17) is 15.2 Å². The zero-order valence-electron chi connectivity index (χ0n) is 14.1. The van der Waals surface area contributed by atoms with E-state index in [2.05, 4.69) is 18.3 Å². The van der Waals surface area contributed by atoms with E-state index in [-0.39, 0.29) is 25.0 Å². The number of carbonyl (C=O) groups is 1.